The maximum Gasteiger partial charge on any atom is 0.304 e. The highest BCUT2D eigenvalue weighted by Gasteiger charge is 2.34. The van der Waals surface area contributed by atoms with Crippen molar-refractivity contribution >= 4 is 27.7 Å². The van der Waals surface area contributed by atoms with E-state index in [0.29, 0.717) is 16.8 Å². The summed E-state index contributed by atoms with van der Waals surface area (Å²) in [6, 6.07) is 10.1. The molecule has 2 amide bonds. The van der Waals surface area contributed by atoms with Gasteiger partial charge < -0.3 is 10.2 Å². The van der Waals surface area contributed by atoms with E-state index in [0.717, 1.165) is 14.2 Å². The van der Waals surface area contributed by atoms with Crippen LogP contribution in [0.25, 0.3) is 0 Å². The van der Waals surface area contributed by atoms with E-state index in [-0.39, 0.29) is 12.5 Å². The summed E-state index contributed by atoms with van der Waals surface area (Å²) in [7, 11) is -1.25. The van der Waals surface area contributed by atoms with Crippen LogP contribution in [0.5, 0.6) is 0 Å². The fourth-order valence-electron chi connectivity index (χ4n) is 3.53. The third kappa shape index (κ3) is 7.51. The summed E-state index contributed by atoms with van der Waals surface area (Å²) in [6.45, 7) is 10.2. The molecular formula is C26H37FN4O4S. The van der Waals surface area contributed by atoms with Gasteiger partial charge in [0, 0.05) is 26.2 Å². The average molecular weight is 521 g/mol. The predicted molar refractivity (Wildman–Crippen MR) is 140 cm³/mol. The van der Waals surface area contributed by atoms with Gasteiger partial charge in [0.2, 0.25) is 11.8 Å². The molecule has 2 rings (SSSR count). The van der Waals surface area contributed by atoms with Gasteiger partial charge in [-0.25, -0.2) is 8.70 Å². The molecule has 0 aromatic heterocycles. The molecule has 2 aromatic carbocycles. The number of carbonyl (C=O) groups is 2. The molecule has 0 aliphatic carbocycles. The van der Waals surface area contributed by atoms with Gasteiger partial charge in [-0.2, -0.15) is 12.7 Å². The van der Waals surface area contributed by atoms with Gasteiger partial charge in [0.05, 0.1) is 5.69 Å². The fourth-order valence-corrected chi connectivity index (χ4v) is 4.65. The van der Waals surface area contributed by atoms with Gasteiger partial charge in [0.1, 0.15) is 18.4 Å². The molecule has 198 valence electrons. The topological polar surface area (TPSA) is 90.0 Å². The number of benzene rings is 2. The van der Waals surface area contributed by atoms with Crippen LogP contribution in [0.1, 0.15) is 44.4 Å². The zero-order valence-electron chi connectivity index (χ0n) is 22.3. The fraction of sp³-hybridized carbons (Fsp3) is 0.462. The molecule has 0 spiro atoms. The minimum absolute atomic E-state index is 0.000490. The van der Waals surface area contributed by atoms with E-state index in [1.807, 2.05) is 33.8 Å². The lowest BCUT2D eigenvalue weighted by Gasteiger charge is -2.34. The van der Waals surface area contributed by atoms with Crippen LogP contribution in [-0.2, 0) is 26.3 Å². The van der Waals surface area contributed by atoms with Crippen LogP contribution in [0, 0.1) is 19.7 Å². The molecule has 1 N–H and O–H groups in total. The lowest BCUT2D eigenvalue weighted by Crippen LogP contribution is -2.55. The van der Waals surface area contributed by atoms with Gasteiger partial charge in [0.25, 0.3) is 0 Å². The van der Waals surface area contributed by atoms with Gasteiger partial charge in [-0.05, 0) is 76.4 Å². The number of anilines is 1. The van der Waals surface area contributed by atoms with Crippen molar-refractivity contribution in [3.05, 3.63) is 65.0 Å². The molecule has 0 saturated carbocycles. The highest BCUT2D eigenvalue weighted by atomic mass is 32.2. The van der Waals surface area contributed by atoms with Crippen molar-refractivity contribution in [3.63, 3.8) is 0 Å². The molecule has 0 fully saturated rings. The quantitative estimate of drug-likeness (QED) is 0.549. The molecule has 0 saturated heterocycles. The first-order valence-electron chi connectivity index (χ1n) is 11.7. The Morgan fingerprint density at radius 1 is 1.03 bits per heavy atom. The number of rotatable bonds is 9. The molecule has 0 unspecified atom stereocenters. The number of nitrogens with zero attached hydrogens (tertiary/aromatic N) is 3. The zero-order valence-corrected chi connectivity index (χ0v) is 23.1. The van der Waals surface area contributed by atoms with Crippen molar-refractivity contribution in [1.82, 2.24) is 14.5 Å². The number of carbonyl (C=O) groups excluding carboxylic acids is 2. The second-order valence-electron chi connectivity index (χ2n) is 10.2. The minimum Gasteiger partial charge on any atom is -0.350 e. The predicted octanol–water partition coefficient (Wildman–Crippen LogP) is 3.39. The normalized spacial score (nSPS) is 12.8. The van der Waals surface area contributed by atoms with Gasteiger partial charge in [-0.3, -0.25) is 9.59 Å². The molecule has 0 bridgehead atoms. The summed E-state index contributed by atoms with van der Waals surface area (Å²) < 4.78 is 42.2. The summed E-state index contributed by atoms with van der Waals surface area (Å²) in [5.41, 5.74) is 1.97. The van der Waals surface area contributed by atoms with Gasteiger partial charge in [0.15, 0.2) is 0 Å². The van der Waals surface area contributed by atoms with E-state index in [1.54, 1.807) is 26.0 Å². The molecule has 10 heteroatoms. The number of amides is 2. The van der Waals surface area contributed by atoms with Crippen molar-refractivity contribution in [3.8, 4) is 0 Å². The number of nitrogens with one attached hydrogen (secondary N) is 1. The molecule has 0 aliphatic rings. The van der Waals surface area contributed by atoms with E-state index < -0.39 is 40.1 Å². The largest absolute Gasteiger partial charge is 0.350 e. The van der Waals surface area contributed by atoms with Gasteiger partial charge in [-0.15, -0.1) is 0 Å². The Hall–Kier alpha value is -2.98. The highest BCUT2D eigenvalue weighted by molar-refractivity contribution is 7.90. The third-order valence-electron chi connectivity index (χ3n) is 5.58. The van der Waals surface area contributed by atoms with Crippen LogP contribution in [0.15, 0.2) is 42.5 Å². The maximum atomic E-state index is 13.7. The third-order valence-corrected chi connectivity index (χ3v) is 7.39. The molecule has 36 heavy (non-hydrogen) atoms. The van der Waals surface area contributed by atoms with Crippen molar-refractivity contribution in [2.75, 3.05) is 24.9 Å². The van der Waals surface area contributed by atoms with E-state index in [9.17, 15) is 22.4 Å². The summed E-state index contributed by atoms with van der Waals surface area (Å²) in [6.07, 6.45) is 0. The van der Waals surface area contributed by atoms with E-state index in [1.165, 1.54) is 43.3 Å². The van der Waals surface area contributed by atoms with Crippen molar-refractivity contribution in [2.24, 2.45) is 0 Å². The summed E-state index contributed by atoms with van der Waals surface area (Å²) in [5.74, 6) is -1.37. The standard InChI is InChI=1S/C26H37FN4O4S/c1-18-9-10-19(2)23(15-18)31(36(34,35)29(7)8)17-24(32)30(16-21-11-13-22(27)14-12-21)20(3)25(33)28-26(4,5)6/h9-15,20H,16-17H2,1-8H3,(H,28,33)/t20-/m1/s1. The maximum absolute atomic E-state index is 13.7. The molecular weight excluding hydrogens is 483 g/mol. The molecule has 0 radical (unpaired) electrons. The Kier molecular flexibility index (Phi) is 9.25. The first kappa shape index (κ1) is 29.3. The van der Waals surface area contributed by atoms with Gasteiger partial charge >= 0.3 is 10.2 Å². The second kappa shape index (κ2) is 11.4. The second-order valence-corrected chi connectivity index (χ2v) is 12.2. The molecule has 2 aromatic rings. The number of aryl methyl sites for hydroxylation is 2. The lowest BCUT2D eigenvalue weighted by atomic mass is 10.1. The molecule has 0 aliphatic heterocycles. The number of halogens is 1. The van der Waals surface area contributed by atoms with Crippen molar-refractivity contribution in [2.45, 2.75) is 59.7 Å². The van der Waals surface area contributed by atoms with E-state index in [2.05, 4.69) is 5.32 Å². The summed E-state index contributed by atoms with van der Waals surface area (Å²) in [4.78, 5) is 28.0. The van der Waals surface area contributed by atoms with Crippen molar-refractivity contribution < 1.29 is 22.4 Å². The van der Waals surface area contributed by atoms with Gasteiger partial charge in [-0.1, -0.05) is 24.3 Å². The molecule has 1 atom stereocenters. The summed E-state index contributed by atoms with van der Waals surface area (Å²) in [5, 5.41) is 2.87. The summed E-state index contributed by atoms with van der Waals surface area (Å²) >= 11 is 0. The number of hydrogen-bond donors (Lipinski definition) is 1. The average Bonchev–Trinajstić information content (AvgIpc) is 2.76. The van der Waals surface area contributed by atoms with E-state index >= 15 is 0 Å². The Morgan fingerprint density at radius 2 is 1.61 bits per heavy atom. The first-order valence-corrected chi connectivity index (χ1v) is 13.1. The van der Waals surface area contributed by atoms with Crippen LogP contribution in [0.2, 0.25) is 0 Å². The zero-order chi connectivity index (χ0) is 27.4. The smallest absolute Gasteiger partial charge is 0.304 e. The Morgan fingerprint density at radius 3 is 2.14 bits per heavy atom. The van der Waals surface area contributed by atoms with Crippen LogP contribution in [-0.4, -0.2) is 61.7 Å². The number of hydrogen-bond acceptors (Lipinski definition) is 4. The van der Waals surface area contributed by atoms with Crippen LogP contribution in [0.4, 0.5) is 10.1 Å². The van der Waals surface area contributed by atoms with Crippen molar-refractivity contribution in [1.29, 1.82) is 0 Å². The Balaban J connectivity index is 2.51. The van der Waals surface area contributed by atoms with E-state index in [4.69, 9.17) is 0 Å². The van der Waals surface area contributed by atoms with Crippen LogP contribution >= 0.6 is 0 Å². The molecule has 0 heterocycles. The minimum atomic E-state index is -4.04. The first-order chi connectivity index (χ1) is 16.5. The monoisotopic (exact) mass is 520 g/mol. The Labute approximate surface area is 214 Å². The highest BCUT2D eigenvalue weighted by Crippen LogP contribution is 2.26. The SMILES string of the molecule is Cc1ccc(C)c(N(CC(=O)N(Cc2ccc(F)cc2)[C@H](C)C(=O)NC(C)(C)C)S(=O)(=O)N(C)C)c1. The lowest BCUT2D eigenvalue weighted by molar-refractivity contribution is -0.140. The molecule has 8 nitrogen and oxygen atoms in total. The van der Waals surface area contributed by atoms with Crippen LogP contribution < -0.4 is 9.62 Å². The Bertz CT molecular complexity index is 1190. The van der Waals surface area contributed by atoms with Crippen LogP contribution in [0.3, 0.4) is 0 Å².